The fraction of sp³-hybridized carbons (Fsp3) is 1.00. The molecule has 0 saturated carbocycles. The van der Waals surface area contributed by atoms with Gasteiger partial charge in [0.25, 0.3) is 0 Å². The van der Waals surface area contributed by atoms with Crippen LogP contribution in [0.1, 0.15) is 45.4 Å². The van der Waals surface area contributed by atoms with E-state index >= 15 is 0 Å². The summed E-state index contributed by atoms with van der Waals surface area (Å²) < 4.78 is 21.9. The topological polar surface area (TPSA) is 179 Å². The van der Waals surface area contributed by atoms with Gasteiger partial charge in [-0.15, -0.1) is 0 Å². The Kier molecular flexibility index (Phi) is 11.5. The van der Waals surface area contributed by atoms with Crippen LogP contribution in [0.15, 0.2) is 0 Å². The van der Waals surface area contributed by atoms with Crippen LogP contribution in [-0.4, -0.2) is 117 Å². The lowest BCUT2D eigenvalue weighted by molar-refractivity contribution is -0.359. The van der Waals surface area contributed by atoms with E-state index in [4.69, 9.17) is 18.9 Å². The van der Waals surface area contributed by atoms with Crippen LogP contribution in [0.25, 0.3) is 0 Å². The fourth-order valence-corrected chi connectivity index (χ4v) is 3.77. The van der Waals surface area contributed by atoms with Gasteiger partial charge in [0.2, 0.25) is 0 Å². The first kappa shape index (κ1) is 26.8. The number of unbranched alkanes of at least 4 members (excludes halogenated alkanes) is 5. The standard InChI is InChI=1S/C20H38O11/c1-2-3-4-5-6-7-8-28-19-17(27)15(25)18(12(10-22)30-19)31-20-16(26)14(24)13(23)11(9-21)29-20/h11-27H,2-10H2,1H3. The molecule has 10 unspecified atom stereocenters. The van der Waals surface area contributed by atoms with E-state index in [2.05, 4.69) is 6.92 Å². The molecule has 2 heterocycles. The van der Waals surface area contributed by atoms with E-state index in [9.17, 15) is 35.7 Å². The highest BCUT2D eigenvalue weighted by molar-refractivity contribution is 4.94. The lowest BCUT2D eigenvalue weighted by Crippen LogP contribution is -2.64. The summed E-state index contributed by atoms with van der Waals surface area (Å²) in [4.78, 5) is 0. The van der Waals surface area contributed by atoms with Gasteiger partial charge in [-0.05, 0) is 6.42 Å². The van der Waals surface area contributed by atoms with Crippen molar-refractivity contribution < 1.29 is 54.7 Å². The van der Waals surface area contributed by atoms with Crippen molar-refractivity contribution in [3.05, 3.63) is 0 Å². The van der Waals surface area contributed by atoms with E-state index in [0.29, 0.717) is 6.61 Å². The lowest BCUT2D eigenvalue weighted by atomic mass is 9.97. The molecule has 0 aliphatic carbocycles. The van der Waals surface area contributed by atoms with E-state index in [1.165, 1.54) is 6.42 Å². The Labute approximate surface area is 182 Å². The minimum absolute atomic E-state index is 0.316. The maximum Gasteiger partial charge on any atom is 0.187 e. The van der Waals surface area contributed by atoms with E-state index in [1.807, 2.05) is 0 Å². The summed E-state index contributed by atoms with van der Waals surface area (Å²) in [5.74, 6) is 0. The van der Waals surface area contributed by atoms with Gasteiger partial charge in [-0.1, -0.05) is 39.0 Å². The van der Waals surface area contributed by atoms with Gasteiger partial charge in [0, 0.05) is 6.61 Å². The molecular formula is C20H38O11. The normalized spacial score (nSPS) is 41.4. The van der Waals surface area contributed by atoms with Crippen LogP contribution in [-0.2, 0) is 18.9 Å². The highest BCUT2D eigenvalue weighted by atomic mass is 16.7. The summed E-state index contributed by atoms with van der Waals surface area (Å²) in [6.45, 7) is 1.23. The number of aliphatic hydroxyl groups excluding tert-OH is 7. The van der Waals surface area contributed by atoms with Crippen LogP contribution in [0.2, 0.25) is 0 Å². The number of aliphatic hydroxyl groups is 7. The maximum absolute atomic E-state index is 10.5. The third-order valence-corrected chi connectivity index (χ3v) is 5.74. The number of rotatable bonds is 12. The molecule has 31 heavy (non-hydrogen) atoms. The highest BCUT2D eigenvalue weighted by Crippen LogP contribution is 2.29. The van der Waals surface area contributed by atoms with Gasteiger partial charge in [0.1, 0.15) is 48.8 Å². The predicted octanol–water partition coefficient (Wildman–Crippen LogP) is -2.01. The number of hydrogen-bond donors (Lipinski definition) is 7. The molecule has 184 valence electrons. The van der Waals surface area contributed by atoms with Crippen LogP contribution < -0.4 is 0 Å². The summed E-state index contributed by atoms with van der Waals surface area (Å²) in [5.41, 5.74) is 0. The first-order valence-corrected chi connectivity index (χ1v) is 11.1. The van der Waals surface area contributed by atoms with Crippen LogP contribution in [0.3, 0.4) is 0 Å². The van der Waals surface area contributed by atoms with Gasteiger partial charge in [-0.2, -0.15) is 0 Å². The minimum Gasteiger partial charge on any atom is -0.394 e. The molecule has 11 nitrogen and oxygen atoms in total. The molecule has 2 fully saturated rings. The first-order valence-electron chi connectivity index (χ1n) is 11.1. The molecule has 0 aromatic carbocycles. The smallest absolute Gasteiger partial charge is 0.187 e. The fourth-order valence-electron chi connectivity index (χ4n) is 3.77. The Hall–Kier alpha value is -0.440. The van der Waals surface area contributed by atoms with E-state index in [1.54, 1.807) is 0 Å². The summed E-state index contributed by atoms with van der Waals surface area (Å²) >= 11 is 0. The molecule has 7 N–H and O–H groups in total. The van der Waals surface area contributed by atoms with Crippen molar-refractivity contribution in [3.63, 3.8) is 0 Å². The molecule has 2 saturated heterocycles. The molecule has 0 aromatic heterocycles. The molecule has 2 aliphatic rings. The molecule has 0 amide bonds. The summed E-state index contributed by atoms with van der Waals surface area (Å²) in [6.07, 6.45) is -7.98. The molecule has 0 bridgehead atoms. The zero-order valence-electron chi connectivity index (χ0n) is 17.9. The van der Waals surface area contributed by atoms with E-state index in [-0.39, 0.29) is 0 Å². The molecule has 10 atom stereocenters. The van der Waals surface area contributed by atoms with Gasteiger partial charge < -0.3 is 54.7 Å². The Bertz CT molecular complexity index is 492. The lowest BCUT2D eigenvalue weighted by Gasteiger charge is -2.45. The van der Waals surface area contributed by atoms with Gasteiger partial charge >= 0.3 is 0 Å². The van der Waals surface area contributed by atoms with Crippen molar-refractivity contribution >= 4 is 0 Å². The molecule has 2 rings (SSSR count). The summed E-state index contributed by atoms with van der Waals surface area (Å²) in [7, 11) is 0. The van der Waals surface area contributed by atoms with Crippen molar-refractivity contribution in [1.29, 1.82) is 0 Å². The highest BCUT2D eigenvalue weighted by Gasteiger charge is 2.50. The molecule has 2 aliphatic heterocycles. The van der Waals surface area contributed by atoms with Crippen molar-refractivity contribution in [2.75, 3.05) is 19.8 Å². The maximum atomic E-state index is 10.5. The third kappa shape index (κ3) is 7.02. The van der Waals surface area contributed by atoms with Crippen LogP contribution in [0.4, 0.5) is 0 Å². The second-order valence-electron chi connectivity index (χ2n) is 8.14. The van der Waals surface area contributed by atoms with Crippen LogP contribution in [0, 0.1) is 0 Å². The van der Waals surface area contributed by atoms with Gasteiger partial charge in [-0.3, -0.25) is 0 Å². The minimum atomic E-state index is -1.69. The van der Waals surface area contributed by atoms with Crippen LogP contribution in [0.5, 0.6) is 0 Å². The summed E-state index contributed by atoms with van der Waals surface area (Å²) in [6, 6.07) is 0. The van der Waals surface area contributed by atoms with Gasteiger partial charge in [0.15, 0.2) is 12.6 Å². The zero-order valence-corrected chi connectivity index (χ0v) is 17.9. The Morgan fingerprint density at radius 1 is 0.645 bits per heavy atom. The Morgan fingerprint density at radius 2 is 1.23 bits per heavy atom. The third-order valence-electron chi connectivity index (χ3n) is 5.74. The van der Waals surface area contributed by atoms with E-state index < -0.39 is 74.6 Å². The molecule has 0 aromatic rings. The number of ether oxygens (including phenoxy) is 4. The van der Waals surface area contributed by atoms with Crippen molar-refractivity contribution in [3.8, 4) is 0 Å². The quantitative estimate of drug-likeness (QED) is 0.162. The number of hydrogen-bond acceptors (Lipinski definition) is 11. The van der Waals surface area contributed by atoms with Crippen molar-refractivity contribution in [1.82, 2.24) is 0 Å². The van der Waals surface area contributed by atoms with Crippen LogP contribution >= 0.6 is 0 Å². The largest absolute Gasteiger partial charge is 0.394 e. The first-order chi connectivity index (χ1) is 14.8. The predicted molar refractivity (Wildman–Crippen MR) is 106 cm³/mol. The molecule has 0 spiro atoms. The van der Waals surface area contributed by atoms with E-state index in [0.717, 1.165) is 32.1 Å². The second kappa shape index (κ2) is 13.3. The Morgan fingerprint density at radius 3 is 1.87 bits per heavy atom. The van der Waals surface area contributed by atoms with Gasteiger partial charge in [-0.25, -0.2) is 0 Å². The molecular weight excluding hydrogens is 416 g/mol. The summed E-state index contributed by atoms with van der Waals surface area (Å²) in [5, 5.41) is 69.7. The SMILES string of the molecule is CCCCCCCCOC1OC(CO)C(OC2OC(CO)C(O)C(O)C2O)C(O)C1O. The molecule has 11 heteroatoms. The second-order valence-corrected chi connectivity index (χ2v) is 8.14. The Balaban J connectivity index is 1.90. The average molecular weight is 455 g/mol. The molecule has 0 radical (unpaired) electrons. The monoisotopic (exact) mass is 454 g/mol. The van der Waals surface area contributed by atoms with Gasteiger partial charge in [0.05, 0.1) is 13.2 Å². The average Bonchev–Trinajstić information content (AvgIpc) is 2.77. The zero-order chi connectivity index (χ0) is 23.0. The van der Waals surface area contributed by atoms with Crippen molar-refractivity contribution in [2.24, 2.45) is 0 Å². The van der Waals surface area contributed by atoms with Crippen molar-refractivity contribution in [2.45, 2.75) is 107 Å².